The monoisotopic (exact) mass is 302 g/mol. The first-order valence-corrected chi connectivity index (χ1v) is 8.37. The Morgan fingerprint density at radius 3 is 2.90 bits per heavy atom. The van der Waals surface area contributed by atoms with Gasteiger partial charge >= 0.3 is 0 Å². The Hall–Kier alpha value is -1.12. The molecule has 20 heavy (non-hydrogen) atoms. The van der Waals surface area contributed by atoms with Crippen LogP contribution < -0.4 is 5.73 Å². The number of aryl methyl sites for hydroxylation is 1. The molecular formula is C12H22N4O3S. The van der Waals surface area contributed by atoms with Crippen LogP contribution in [0.5, 0.6) is 0 Å². The third-order valence-electron chi connectivity index (χ3n) is 3.72. The molecule has 1 aromatic heterocycles. The van der Waals surface area contributed by atoms with Gasteiger partial charge in [0.15, 0.2) is 5.82 Å². The lowest BCUT2D eigenvalue weighted by molar-refractivity contribution is 0.203. The van der Waals surface area contributed by atoms with Crippen LogP contribution in [-0.4, -0.2) is 47.3 Å². The Morgan fingerprint density at radius 1 is 1.55 bits per heavy atom. The Bertz CT molecular complexity index is 553. The molecule has 0 amide bonds. The Kier molecular flexibility index (Phi) is 4.66. The maximum absolute atomic E-state index is 12.6. The summed E-state index contributed by atoms with van der Waals surface area (Å²) in [5, 5.41) is 13.0. The van der Waals surface area contributed by atoms with Gasteiger partial charge in [-0.3, -0.25) is 4.68 Å². The molecule has 2 rings (SSSR count). The van der Waals surface area contributed by atoms with Crippen LogP contribution in [0.4, 0.5) is 5.82 Å². The maximum atomic E-state index is 12.6. The van der Waals surface area contributed by atoms with Crippen molar-refractivity contribution >= 4 is 15.8 Å². The summed E-state index contributed by atoms with van der Waals surface area (Å²) in [4.78, 5) is 0.0870. The third kappa shape index (κ3) is 2.97. The maximum Gasteiger partial charge on any atom is 0.248 e. The molecule has 3 N–H and O–H groups in total. The zero-order valence-electron chi connectivity index (χ0n) is 11.7. The summed E-state index contributed by atoms with van der Waals surface area (Å²) in [6.45, 7) is 3.49. The molecule has 1 saturated heterocycles. The van der Waals surface area contributed by atoms with Crippen LogP contribution in [0.25, 0.3) is 0 Å². The fourth-order valence-corrected chi connectivity index (χ4v) is 4.20. The average Bonchev–Trinajstić information content (AvgIpc) is 2.81. The van der Waals surface area contributed by atoms with E-state index >= 15 is 0 Å². The highest BCUT2D eigenvalue weighted by Crippen LogP contribution is 2.27. The van der Waals surface area contributed by atoms with E-state index in [0.717, 1.165) is 12.8 Å². The molecule has 1 fully saturated rings. The second-order valence-corrected chi connectivity index (χ2v) is 7.02. The van der Waals surface area contributed by atoms with Crippen molar-refractivity contribution in [2.24, 2.45) is 5.92 Å². The molecule has 2 heterocycles. The van der Waals surface area contributed by atoms with E-state index in [0.29, 0.717) is 26.1 Å². The van der Waals surface area contributed by atoms with Gasteiger partial charge in [0.25, 0.3) is 0 Å². The minimum atomic E-state index is -3.59. The fraction of sp³-hybridized carbons (Fsp3) is 0.750. The molecule has 0 saturated carbocycles. The van der Waals surface area contributed by atoms with Gasteiger partial charge in [-0.05, 0) is 32.1 Å². The number of anilines is 1. The Morgan fingerprint density at radius 2 is 2.30 bits per heavy atom. The number of aliphatic hydroxyl groups excluding tert-OH is 1. The lowest BCUT2D eigenvalue weighted by Crippen LogP contribution is -2.40. The van der Waals surface area contributed by atoms with E-state index < -0.39 is 10.0 Å². The van der Waals surface area contributed by atoms with Crippen molar-refractivity contribution in [3.05, 3.63) is 6.20 Å². The van der Waals surface area contributed by atoms with Crippen LogP contribution in [0.1, 0.15) is 26.2 Å². The van der Waals surface area contributed by atoms with E-state index in [4.69, 9.17) is 10.8 Å². The summed E-state index contributed by atoms with van der Waals surface area (Å²) in [5.41, 5.74) is 5.73. The second-order valence-electron chi connectivity index (χ2n) is 5.12. The highest BCUT2D eigenvalue weighted by molar-refractivity contribution is 7.89. The van der Waals surface area contributed by atoms with Gasteiger partial charge in [-0.2, -0.15) is 9.40 Å². The normalized spacial score (nSPS) is 21.2. The van der Waals surface area contributed by atoms with Crippen molar-refractivity contribution in [3.63, 3.8) is 0 Å². The van der Waals surface area contributed by atoms with E-state index in [2.05, 4.69) is 5.10 Å². The number of aromatic nitrogens is 2. The first kappa shape index (κ1) is 15.3. The predicted octanol–water partition coefficient (Wildman–Crippen LogP) is 0.268. The summed E-state index contributed by atoms with van der Waals surface area (Å²) in [6, 6.07) is 0. The molecule has 0 aromatic carbocycles. The fourth-order valence-electron chi connectivity index (χ4n) is 2.58. The van der Waals surface area contributed by atoms with Crippen LogP contribution in [-0.2, 0) is 16.6 Å². The Labute approximate surface area is 119 Å². The van der Waals surface area contributed by atoms with Crippen LogP contribution in [0, 0.1) is 5.92 Å². The number of aliphatic hydroxyl groups is 1. The van der Waals surface area contributed by atoms with Gasteiger partial charge in [0.2, 0.25) is 10.0 Å². The predicted molar refractivity (Wildman–Crippen MR) is 75.5 cm³/mol. The molecule has 114 valence electrons. The van der Waals surface area contributed by atoms with Crippen LogP contribution in [0.3, 0.4) is 0 Å². The van der Waals surface area contributed by atoms with E-state index in [-0.39, 0.29) is 23.2 Å². The first-order valence-electron chi connectivity index (χ1n) is 6.93. The van der Waals surface area contributed by atoms with Crippen LogP contribution in [0.2, 0.25) is 0 Å². The van der Waals surface area contributed by atoms with Crippen LogP contribution >= 0.6 is 0 Å². The number of nitrogens with two attached hydrogens (primary N) is 1. The number of sulfonamides is 1. The highest BCUT2D eigenvalue weighted by atomic mass is 32.2. The molecule has 1 aliphatic heterocycles. The van der Waals surface area contributed by atoms with Crippen molar-refractivity contribution in [1.82, 2.24) is 14.1 Å². The lowest BCUT2D eigenvalue weighted by Gasteiger charge is -2.31. The zero-order valence-corrected chi connectivity index (χ0v) is 12.5. The molecule has 1 aliphatic rings. The second kappa shape index (κ2) is 6.11. The van der Waals surface area contributed by atoms with Gasteiger partial charge in [-0.25, -0.2) is 8.42 Å². The standard InChI is InChI=1S/C12H22N4O3S/c1-2-15-9-11(12(13)14-15)20(18,19)16-6-3-4-10(8-16)5-7-17/h9-10,17H,2-8H2,1H3,(H2,13,14). The quantitative estimate of drug-likeness (QED) is 0.813. The third-order valence-corrected chi connectivity index (χ3v) is 5.60. The number of nitrogen functional groups attached to an aromatic ring is 1. The number of piperidine rings is 1. The largest absolute Gasteiger partial charge is 0.396 e. The summed E-state index contributed by atoms with van der Waals surface area (Å²) in [6.07, 6.45) is 3.89. The number of hydrogen-bond acceptors (Lipinski definition) is 5. The zero-order chi connectivity index (χ0) is 14.8. The smallest absolute Gasteiger partial charge is 0.248 e. The van der Waals surface area contributed by atoms with Gasteiger partial charge in [0, 0.05) is 32.4 Å². The van der Waals surface area contributed by atoms with Crippen molar-refractivity contribution in [3.8, 4) is 0 Å². The molecule has 1 atom stereocenters. The molecule has 8 heteroatoms. The molecule has 0 aliphatic carbocycles. The van der Waals surface area contributed by atoms with Crippen molar-refractivity contribution in [2.45, 2.75) is 37.6 Å². The highest BCUT2D eigenvalue weighted by Gasteiger charge is 2.32. The topological polar surface area (TPSA) is 101 Å². The molecular weight excluding hydrogens is 280 g/mol. The van der Waals surface area contributed by atoms with Gasteiger partial charge < -0.3 is 10.8 Å². The molecule has 0 radical (unpaired) electrons. The summed E-state index contributed by atoms with van der Waals surface area (Å²) in [7, 11) is -3.59. The number of rotatable bonds is 5. The number of hydrogen-bond donors (Lipinski definition) is 2. The van der Waals surface area contributed by atoms with Crippen molar-refractivity contribution in [1.29, 1.82) is 0 Å². The van der Waals surface area contributed by atoms with Crippen molar-refractivity contribution < 1.29 is 13.5 Å². The van der Waals surface area contributed by atoms with Gasteiger partial charge in [0.1, 0.15) is 4.90 Å². The van der Waals surface area contributed by atoms with E-state index in [1.54, 1.807) is 0 Å². The van der Waals surface area contributed by atoms with Gasteiger partial charge in [-0.15, -0.1) is 0 Å². The minimum Gasteiger partial charge on any atom is -0.396 e. The summed E-state index contributed by atoms with van der Waals surface area (Å²) >= 11 is 0. The van der Waals surface area contributed by atoms with Crippen LogP contribution in [0.15, 0.2) is 11.1 Å². The van der Waals surface area contributed by atoms with E-state index in [1.165, 1.54) is 15.2 Å². The average molecular weight is 302 g/mol. The summed E-state index contributed by atoms with van der Waals surface area (Å²) in [5.74, 6) is 0.266. The van der Waals surface area contributed by atoms with Gasteiger partial charge in [0.05, 0.1) is 0 Å². The SMILES string of the molecule is CCn1cc(S(=O)(=O)N2CCCC(CCO)C2)c(N)n1. The number of nitrogens with zero attached hydrogens (tertiary/aromatic N) is 3. The minimum absolute atomic E-state index is 0.0520. The Balaban J connectivity index is 2.22. The molecule has 7 nitrogen and oxygen atoms in total. The molecule has 1 unspecified atom stereocenters. The molecule has 0 spiro atoms. The molecule has 0 bridgehead atoms. The van der Waals surface area contributed by atoms with Crippen molar-refractivity contribution in [2.75, 3.05) is 25.4 Å². The van der Waals surface area contributed by atoms with E-state index in [1.807, 2.05) is 6.92 Å². The lowest BCUT2D eigenvalue weighted by atomic mass is 9.97. The summed E-state index contributed by atoms with van der Waals surface area (Å²) < 4.78 is 28.2. The first-order chi connectivity index (χ1) is 9.48. The van der Waals surface area contributed by atoms with E-state index in [9.17, 15) is 8.42 Å². The van der Waals surface area contributed by atoms with Gasteiger partial charge in [-0.1, -0.05) is 0 Å². The molecule has 1 aromatic rings.